The largest absolute Gasteiger partial charge is 0.465 e. The molecule has 1 fully saturated rings. The molecule has 4 rings (SSSR count). The first-order valence-corrected chi connectivity index (χ1v) is 9.41. The van der Waals surface area contributed by atoms with Crippen LogP contribution in [0, 0.1) is 0 Å². The zero-order valence-corrected chi connectivity index (χ0v) is 16.3. The highest BCUT2D eigenvalue weighted by molar-refractivity contribution is 5.84. The lowest BCUT2D eigenvalue weighted by Gasteiger charge is -2.34. The van der Waals surface area contributed by atoms with E-state index in [1.165, 1.54) is 5.69 Å². The number of methoxy groups -OCH3 is 1. The van der Waals surface area contributed by atoms with Crippen molar-refractivity contribution in [1.29, 1.82) is 0 Å². The van der Waals surface area contributed by atoms with Crippen molar-refractivity contribution in [2.24, 2.45) is 0 Å². The number of piperazine rings is 1. The number of hydrogen-bond acceptors (Lipinski definition) is 7. The number of fused-ring (bicyclic) bond motifs is 1. The van der Waals surface area contributed by atoms with Crippen molar-refractivity contribution in [2.75, 3.05) is 57.3 Å². The quantitative estimate of drug-likeness (QED) is 0.660. The number of rotatable bonds is 6. The van der Waals surface area contributed by atoms with Gasteiger partial charge in [-0.1, -0.05) is 12.1 Å². The van der Waals surface area contributed by atoms with Crippen LogP contribution in [0.4, 0.5) is 17.3 Å². The molecule has 3 aromatic rings. The maximum Gasteiger partial charge on any atom is 0.227 e. The molecular formula is C21H25N5O2. The molecule has 1 saturated heterocycles. The van der Waals surface area contributed by atoms with Gasteiger partial charge in [-0.3, -0.25) is 0 Å². The second-order valence-electron chi connectivity index (χ2n) is 6.90. The fourth-order valence-electron chi connectivity index (χ4n) is 3.28. The van der Waals surface area contributed by atoms with Crippen LogP contribution in [0.5, 0.6) is 5.75 Å². The van der Waals surface area contributed by atoms with Crippen LogP contribution in [0.1, 0.15) is 0 Å². The number of nitrogens with zero attached hydrogens (tertiary/aromatic N) is 4. The zero-order chi connectivity index (χ0) is 19.3. The summed E-state index contributed by atoms with van der Waals surface area (Å²) in [7, 11) is 3.76. The van der Waals surface area contributed by atoms with Crippen LogP contribution in [0.25, 0.3) is 10.9 Å². The Balaban J connectivity index is 1.50. The van der Waals surface area contributed by atoms with Crippen LogP contribution in [0.2, 0.25) is 0 Å². The second kappa shape index (κ2) is 8.41. The highest BCUT2D eigenvalue weighted by Gasteiger charge is 2.14. The van der Waals surface area contributed by atoms with E-state index in [0.29, 0.717) is 11.7 Å². The Kier molecular flexibility index (Phi) is 5.55. The molecule has 0 saturated carbocycles. The average molecular weight is 379 g/mol. The molecule has 1 N–H and O–H groups in total. The predicted molar refractivity (Wildman–Crippen MR) is 111 cm³/mol. The van der Waals surface area contributed by atoms with Crippen molar-refractivity contribution in [2.45, 2.75) is 0 Å². The Bertz CT molecular complexity index is 924. The van der Waals surface area contributed by atoms with Crippen LogP contribution >= 0.6 is 0 Å². The Morgan fingerprint density at radius 1 is 1.04 bits per heavy atom. The van der Waals surface area contributed by atoms with Gasteiger partial charge in [0, 0.05) is 56.2 Å². The van der Waals surface area contributed by atoms with Crippen LogP contribution in [-0.4, -0.2) is 62.0 Å². The number of ether oxygens (including phenoxy) is 2. The Labute approximate surface area is 164 Å². The SMILES string of the molecule is COCOc1cccc2cnc(Nc3ccc(N4CCN(C)CC4)cc3)nc12. The van der Waals surface area contributed by atoms with Crippen molar-refractivity contribution < 1.29 is 9.47 Å². The molecule has 0 amide bonds. The smallest absolute Gasteiger partial charge is 0.227 e. The van der Waals surface area contributed by atoms with E-state index in [2.05, 4.69) is 56.4 Å². The van der Waals surface area contributed by atoms with Crippen molar-refractivity contribution in [3.05, 3.63) is 48.7 Å². The van der Waals surface area contributed by atoms with Crippen LogP contribution in [0.3, 0.4) is 0 Å². The molecule has 146 valence electrons. The lowest BCUT2D eigenvalue weighted by molar-refractivity contribution is 0.0521. The summed E-state index contributed by atoms with van der Waals surface area (Å²) >= 11 is 0. The lowest BCUT2D eigenvalue weighted by atomic mass is 10.2. The minimum Gasteiger partial charge on any atom is -0.465 e. The van der Waals surface area contributed by atoms with E-state index < -0.39 is 0 Å². The normalized spacial score (nSPS) is 15.0. The van der Waals surface area contributed by atoms with Crippen molar-refractivity contribution in [3.63, 3.8) is 0 Å². The van der Waals surface area contributed by atoms with E-state index in [9.17, 15) is 0 Å². The van der Waals surface area contributed by atoms with E-state index in [4.69, 9.17) is 9.47 Å². The van der Waals surface area contributed by atoms with Crippen LogP contribution < -0.4 is 15.0 Å². The first-order valence-electron chi connectivity index (χ1n) is 9.41. The number of hydrogen-bond donors (Lipinski definition) is 1. The first-order chi connectivity index (χ1) is 13.7. The maximum absolute atomic E-state index is 5.61. The van der Waals surface area contributed by atoms with Gasteiger partial charge in [0.25, 0.3) is 0 Å². The van der Waals surface area contributed by atoms with E-state index in [0.717, 1.165) is 42.8 Å². The summed E-state index contributed by atoms with van der Waals surface area (Å²) in [5.74, 6) is 1.21. The minimum absolute atomic E-state index is 0.180. The Morgan fingerprint density at radius 3 is 2.57 bits per heavy atom. The summed E-state index contributed by atoms with van der Waals surface area (Å²) < 4.78 is 10.6. The van der Waals surface area contributed by atoms with Gasteiger partial charge in [-0.25, -0.2) is 9.97 Å². The van der Waals surface area contributed by atoms with Gasteiger partial charge < -0.3 is 24.6 Å². The van der Waals surface area contributed by atoms with Crippen LogP contribution in [0.15, 0.2) is 48.7 Å². The van der Waals surface area contributed by atoms with Crippen LogP contribution in [-0.2, 0) is 4.74 Å². The molecule has 0 spiro atoms. The second-order valence-corrected chi connectivity index (χ2v) is 6.90. The van der Waals surface area contributed by atoms with Gasteiger partial charge in [0.15, 0.2) is 6.79 Å². The van der Waals surface area contributed by atoms with E-state index >= 15 is 0 Å². The monoisotopic (exact) mass is 379 g/mol. The molecule has 0 bridgehead atoms. The average Bonchev–Trinajstić information content (AvgIpc) is 2.73. The summed E-state index contributed by atoms with van der Waals surface area (Å²) in [4.78, 5) is 13.8. The number of para-hydroxylation sites is 1. The molecule has 0 radical (unpaired) electrons. The van der Waals surface area contributed by atoms with Gasteiger partial charge >= 0.3 is 0 Å². The maximum atomic E-state index is 5.61. The number of benzene rings is 2. The van der Waals surface area contributed by atoms with Crippen molar-refractivity contribution in [1.82, 2.24) is 14.9 Å². The molecular weight excluding hydrogens is 354 g/mol. The predicted octanol–water partition coefficient (Wildman–Crippen LogP) is 3.11. The molecule has 0 aliphatic carbocycles. The number of aromatic nitrogens is 2. The molecule has 2 aromatic carbocycles. The molecule has 7 heteroatoms. The Hall–Kier alpha value is -2.90. The van der Waals surface area contributed by atoms with E-state index in [1.807, 2.05) is 18.2 Å². The molecule has 1 aliphatic rings. The van der Waals surface area contributed by atoms with E-state index in [1.54, 1.807) is 13.3 Å². The molecule has 1 aromatic heterocycles. The highest BCUT2D eigenvalue weighted by atomic mass is 16.7. The molecule has 7 nitrogen and oxygen atoms in total. The number of nitrogens with one attached hydrogen (secondary N) is 1. The fraction of sp³-hybridized carbons (Fsp3) is 0.333. The third kappa shape index (κ3) is 4.16. The van der Waals surface area contributed by atoms with Gasteiger partial charge in [0.05, 0.1) is 0 Å². The third-order valence-corrected chi connectivity index (χ3v) is 4.90. The van der Waals surface area contributed by atoms with Gasteiger partial charge in [0.1, 0.15) is 11.3 Å². The van der Waals surface area contributed by atoms with Gasteiger partial charge in [-0.2, -0.15) is 0 Å². The summed E-state index contributed by atoms with van der Waals surface area (Å²) in [6.07, 6.45) is 1.79. The topological polar surface area (TPSA) is 62.8 Å². The molecule has 28 heavy (non-hydrogen) atoms. The first kappa shape index (κ1) is 18.5. The minimum atomic E-state index is 0.180. The lowest BCUT2D eigenvalue weighted by Crippen LogP contribution is -2.44. The molecule has 0 atom stereocenters. The fourth-order valence-corrected chi connectivity index (χ4v) is 3.28. The number of likely N-dealkylation sites (N-methyl/N-ethyl adjacent to an activating group) is 1. The summed E-state index contributed by atoms with van der Waals surface area (Å²) in [6.45, 7) is 4.49. The van der Waals surface area contributed by atoms with Crippen molar-refractivity contribution >= 4 is 28.2 Å². The van der Waals surface area contributed by atoms with Gasteiger partial charge in [-0.05, 0) is 37.4 Å². The zero-order valence-electron chi connectivity index (χ0n) is 16.3. The van der Waals surface area contributed by atoms with Crippen molar-refractivity contribution in [3.8, 4) is 5.75 Å². The number of anilines is 3. The molecule has 1 aliphatic heterocycles. The molecule has 2 heterocycles. The van der Waals surface area contributed by atoms with E-state index in [-0.39, 0.29) is 6.79 Å². The third-order valence-electron chi connectivity index (χ3n) is 4.90. The Morgan fingerprint density at radius 2 is 1.82 bits per heavy atom. The molecule has 0 unspecified atom stereocenters. The van der Waals surface area contributed by atoms with Gasteiger partial charge in [-0.15, -0.1) is 0 Å². The van der Waals surface area contributed by atoms with Gasteiger partial charge in [0.2, 0.25) is 5.95 Å². The standard InChI is InChI=1S/C21H25N5O2/c1-25-10-12-26(13-11-25)18-8-6-17(7-9-18)23-21-22-14-16-4-3-5-19(20(16)24-21)28-15-27-2/h3-9,14H,10-13,15H2,1-2H3,(H,22,23,24). The summed E-state index contributed by atoms with van der Waals surface area (Å²) in [5, 5.41) is 4.20. The summed E-state index contributed by atoms with van der Waals surface area (Å²) in [6, 6.07) is 14.2. The highest BCUT2D eigenvalue weighted by Crippen LogP contribution is 2.26. The summed E-state index contributed by atoms with van der Waals surface area (Å²) in [5.41, 5.74) is 2.95.